The number of hydrogen-bond acceptors (Lipinski definition) is 6. The molecule has 4 aromatic rings. The summed E-state index contributed by atoms with van der Waals surface area (Å²) in [6.45, 7) is 4.95. The average molecular weight is 550 g/mol. The van der Waals surface area contributed by atoms with Gasteiger partial charge >= 0.3 is 0 Å². The maximum Gasteiger partial charge on any atom is 0.285 e. The van der Waals surface area contributed by atoms with Gasteiger partial charge in [0.05, 0.1) is 17.5 Å². The summed E-state index contributed by atoms with van der Waals surface area (Å²) < 4.78 is 65.5. The molecule has 1 aromatic heterocycles. The minimum Gasteiger partial charge on any atom is -0.497 e. The lowest BCUT2D eigenvalue weighted by atomic mass is 10.00. The van der Waals surface area contributed by atoms with Crippen molar-refractivity contribution in [3.05, 3.63) is 96.2 Å². The Kier molecular flexibility index (Phi) is 6.62. The highest BCUT2D eigenvalue weighted by molar-refractivity contribution is 8.00. The zero-order chi connectivity index (χ0) is 27.1. The molecule has 0 saturated heterocycles. The number of benzene rings is 3. The molecule has 0 aliphatic carbocycles. The Morgan fingerprint density at radius 1 is 0.895 bits per heavy atom. The molecule has 1 aliphatic rings. The maximum absolute atomic E-state index is 13.7. The van der Waals surface area contributed by atoms with Crippen molar-refractivity contribution in [2.45, 2.75) is 18.7 Å². The number of nitrogens with zero attached hydrogens (tertiary/aromatic N) is 3. The normalized spacial score (nSPS) is 15.1. The average Bonchev–Trinajstić information content (AvgIpc) is 3.44. The summed E-state index contributed by atoms with van der Waals surface area (Å²) in [4.78, 5) is 1.96. The summed E-state index contributed by atoms with van der Waals surface area (Å²) in [5.74, 6) is 0.960. The van der Waals surface area contributed by atoms with Crippen molar-refractivity contribution >= 4 is 47.3 Å². The van der Waals surface area contributed by atoms with Gasteiger partial charge < -0.3 is 9.64 Å². The van der Waals surface area contributed by atoms with Crippen LogP contribution < -0.4 is 4.74 Å². The number of ether oxygens (including phenoxy) is 1. The number of fused-ring (bicyclic) bond motifs is 1. The molecule has 0 atom stereocenters. The zero-order valence-corrected chi connectivity index (χ0v) is 22.8. The third kappa shape index (κ3) is 4.19. The van der Waals surface area contributed by atoms with Crippen molar-refractivity contribution in [2.75, 3.05) is 20.2 Å². The Morgan fingerprint density at radius 3 is 2.16 bits per heavy atom. The van der Waals surface area contributed by atoms with E-state index in [9.17, 15) is 16.8 Å². The molecule has 196 valence electrons. The number of aromatic nitrogens is 1. The first kappa shape index (κ1) is 25.7. The van der Waals surface area contributed by atoms with Crippen LogP contribution in [0.1, 0.15) is 25.0 Å². The van der Waals surface area contributed by atoms with Crippen molar-refractivity contribution in [3.8, 4) is 5.75 Å². The van der Waals surface area contributed by atoms with Crippen LogP contribution in [0.3, 0.4) is 0 Å². The summed E-state index contributed by atoms with van der Waals surface area (Å²) >= 11 is 0. The maximum atomic E-state index is 13.7. The Hall–Kier alpha value is -3.89. The number of likely N-dealkylation sites (N-methyl/N-ethyl adjacent to an activating group) is 1. The summed E-state index contributed by atoms with van der Waals surface area (Å²) in [5.41, 5.74) is 1.71. The first-order valence-corrected chi connectivity index (χ1v) is 15.0. The second-order valence-corrected chi connectivity index (χ2v) is 12.0. The third-order valence-corrected chi connectivity index (χ3v) is 9.62. The van der Waals surface area contributed by atoms with E-state index < -0.39 is 20.0 Å². The second kappa shape index (κ2) is 9.77. The Bertz CT molecular complexity index is 1780. The summed E-state index contributed by atoms with van der Waals surface area (Å²) in [5, 5.41) is 0.493. The molecule has 3 aromatic carbocycles. The van der Waals surface area contributed by atoms with Crippen molar-refractivity contribution in [1.82, 2.24) is 8.87 Å². The van der Waals surface area contributed by atoms with Crippen LogP contribution in [-0.4, -0.2) is 51.7 Å². The summed E-state index contributed by atoms with van der Waals surface area (Å²) in [6.07, 6.45) is 1.39. The molecule has 0 unspecified atom stereocenters. The first-order chi connectivity index (χ1) is 18.2. The number of para-hydroxylation sites is 1. The van der Waals surface area contributed by atoms with Crippen molar-refractivity contribution < 1.29 is 21.6 Å². The fraction of sp³-hybridized carbons (Fsp3) is 0.179. The van der Waals surface area contributed by atoms with Crippen LogP contribution in [0.15, 0.2) is 94.4 Å². The molecular weight excluding hydrogens is 522 g/mol. The molecule has 0 fully saturated rings. The molecule has 38 heavy (non-hydrogen) atoms. The smallest absolute Gasteiger partial charge is 0.285 e. The number of sulfonamides is 1. The first-order valence-electron chi connectivity index (χ1n) is 12.1. The van der Waals surface area contributed by atoms with Crippen LogP contribution in [0, 0.1) is 0 Å². The molecule has 0 amide bonds. The Morgan fingerprint density at radius 2 is 1.53 bits per heavy atom. The van der Waals surface area contributed by atoms with E-state index in [0.717, 1.165) is 3.97 Å². The quantitative estimate of drug-likeness (QED) is 0.327. The molecular formula is C28H27N3O5S2. The van der Waals surface area contributed by atoms with Crippen LogP contribution in [0.25, 0.3) is 21.4 Å². The fourth-order valence-electron chi connectivity index (χ4n) is 4.70. The van der Waals surface area contributed by atoms with Gasteiger partial charge in [-0.05, 0) is 49.7 Å². The van der Waals surface area contributed by atoms with Crippen LogP contribution in [0.2, 0.25) is 0 Å². The van der Waals surface area contributed by atoms with Gasteiger partial charge in [0.25, 0.3) is 20.0 Å². The van der Waals surface area contributed by atoms with Gasteiger partial charge in [-0.3, -0.25) is 0 Å². The van der Waals surface area contributed by atoms with E-state index in [4.69, 9.17) is 4.74 Å². The van der Waals surface area contributed by atoms with Gasteiger partial charge in [0.15, 0.2) is 5.84 Å². The highest BCUT2D eigenvalue weighted by atomic mass is 32.2. The highest BCUT2D eigenvalue weighted by Crippen LogP contribution is 2.43. The van der Waals surface area contributed by atoms with Gasteiger partial charge in [-0.1, -0.05) is 48.5 Å². The molecule has 0 radical (unpaired) electrons. The molecule has 2 heterocycles. The van der Waals surface area contributed by atoms with Gasteiger partial charge in [-0.2, -0.15) is 8.42 Å². The molecule has 0 bridgehead atoms. The predicted molar refractivity (Wildman–Crippen MR) is 150 cm³/mol. The molecule has 0 N–H and O–H groups in total. The molecule has 0 spiro atoms. The minimum atomic E-state index is -4.17. The lowest BCUT2D eigenvalue weighted by Gasteiger charge is -2.22. The minimum absolute atomic E-state index is 0.0252. The van der Waals surface area contributed by atoms with E-state index in [0.29, 0.717) is 46.7 Å². The highest BCUT2D eigenvalue weighted by Gasteiger charge is 2.38. The largest absolute Gasteiger partial charge is 0.497 e. The standard InChI is InChI=1S/C28H27N3O5S2/c1-4-30(5-2)28-26(20-15-17-21(36-3)18-16-20)27(37(32,33)29-28)24-19-31(25-14-10-9-13-23(24)25)38(34,35)22-11-7-6-8-12-22/h6-19H,4-5H2,1-3H3. The van der Waals surface area contributed by atoms with E-state index in [2.05, 4.69) is 4.40 Å². The molecule has 8 nitrogen and oxygen atoms in total. The van der Waals surface area contributed by atoms with Crippen molar-refractivity contribution in [1.29, 1.82) is 0 Å². The summed E-state index contributed by atoms with van der Waals surface area (Å²) in [7, 11) is -6.62. The molecule has 10 heteroatoms. The van der Waals surface area contributed by atoms with Gasteiger partial charge in [-0.15, -0.1) is 4.40 Å². The van der Waals surface area contributed by atoms with Gasteiger partial charge in [0, 0.05) is 35.8 Å². The number of hydrogen-bond donors (Lipinski definition) is 0. The fourth-order valence-corrected chi connectivity index (χ4v) is 7.53. The van der Waals surface area contributed by atoms with Crippen molar-refractivity contribution in [2.24, 2.45) is 4.40 Å². The van der Waals surface area contributed by atoms with Crippen LogP contribution in [0.5, 0.6) is 5.75 Å². The number of methoxy groups -OCH3 is 1. The topological polar surface area (TPSA) is 98.0 Å². The van der Waals surface area contributed by atoms with E-state index in [1.807, 2.05) is 18.7 Å². The van der Waals surface area contributed by atoms with Crippen LogP contribution in [0.4, 0.5) is 0 Å². The summed E-state index contributed by atoms with van der Waals surface area (Å²) in [6, 6.07) is 22.0. The van der Waals surface area contributed by atoms with Gasteiger partial charge in [-0.25, -0.2) is 12.4 Å². The predicted octanol–water partition coefficient (Wildman–Crippen LogP) is 4.84. The Balaban J connectivity index is 1.85. The second-order valence-electron chi connectivity index (χ2n) is 8.67. The molecule has 0 saturated carbocycles. The molecule has 5 rings (SSSR count). The molecule has 1 aliphatic heterocycles. The van der Waals surface area contributed by atoms with Gasteiger partial charge in [0.2, 0.25) is 0 Å². The van der Waals surface area contributed by atoms with E-state index in [-0.39, 0.29) is 15.4 Å². The van der Waals surface area contributed by atoms with E-state index >= 15 is 0 Å². The van der Waals surface area contributed by atoms with E-state index in [1.54, 1.807) is 73.8 Å². The SMILES string of the molecule is CCN(CC)C1=NS(=O)(=O)C(c2cn(S(=O)(=O)c3ccccc3)c3ccccc23)=C1c1ccc(OC)cc1. The lowest BCUT2D eigenvalue weighted by Crippen LogP contribution is -2.30. The lowest BCUT2D eigenvalue weighted by molar-refractivity contribution is 0.415. The Labute approximate surface area is 222 Å². The van der Waals surface area contributed by atoms with Gasteiger partial charge in [0.1, 0.15) is 10.7 Å². The third-order valence-electron chi connectivity index (χ3n) is 6.58. The zero-order valence-electron chi connectivity index (χ0n) is 21.2. The van der Waals surface area contributed by atoms with Crippen molar-refractivity contribution in [3.63, 3.8) is 0 Å². The monoisotopic (exact) mass is 549 g/mol. The van der Waals surface area contributed by atoms with E-state index in [1.165, 1.54) is 18.3 Å². The van der Waals surface area contributed by atoms with Crippen LogP contribution >= 0.6 is 0 Å². The van der Waals surface area contributed by atoms with Crippen LogP contribution in [-0.2, 0) is 20.0 Å². The number of rotatable bonds is 7. The number of amidine groups is 1.